The number of anilines is 2. The van der Waals surface area contributed by atoms with Gasteiger partial charge in [0.15, 0.2) is 0 Å². The Morgan fingerprint density at radius 3 is 1.28 bits per heavy atom. The number of carbonyl (C=O) groups is 4. The lowest BCUT2D eigenvalue weighted by atomic mass is 9.99. The van der Waals surface area contributed by atoms with Gasteiger partial charge >= 0.3 is 11.9 Å². The van der Waals surface area contributed by atoms with Crippen LogP contribution in [0.5, 0.6) is 0 Å². The minimum Gasteiger partial charge on any atom is -0.462 e. The zero-order chi connectivity index (χ0) is 28.1. The fraction of sp³-hybridized carbons (Fsp3) is 0.226. The van der Waals surface area contributed by atoms with E-state index in [2.05, 4.69) is 10.6 Å². The van der Waals surface area contributed by atoms with Gasteiger partial charge in [0.2, 0.25) is 11.8 Å². The Labute approximate surface area is 227 Å². The minimum atomic E-state index is -0.559. The molecular weight excluding hydrogens is 496 g/mol. The molecule has 0 saturated carbocycles. The standard InChI is InChI=1S/C31H30N2O6/c1-5-38-30(36)26-22-15-11-7-9-13-20(22)24(28(26)32-18(3)34)17-25-21-14-10-8-12-16-23(21)27(31(37)39-6-2)29(25)33-19(4)35/h7-16H,5-6,17H2,1-4H3,(H,32,34)(H,33,35). The van der Waals surface area contributed by atoms with Crippen LogP contribution in [0.4, 0.5) is 11.4 Å². The summed E-state index contributed by atoms with van der Waals surface area (Å²) in [5.74, 6) is -1.82. The lowest BCUT2D eigenvalue weighted by Crippen LogP contribution is -2.14. The van der Waals surface area contributed by atoms with Gasteiger partial charge in [-0.2, -0.15) is 0 Å². The molecule has 2 amide bonds. The Balaban J connectivity index is 2.06. The predicted molar refractivity (Wildman–Crippen MR) is 149 cm³/mol. The highest BCUT2D eigenvalue weighted by molar-refractivity contribution is 6.13. The predicted octanol–water partition coefficient (Wildman–Crippen LogP) is 5.76. The van der Waals surface area contributed by atoms with Crippen LogP contribution in [-0.2, 0) is 25.5 Å². The maximum atomic E-state index is 13.2. The van der Waals surface area contributed by atoms with E-state index < -0.39 is 11.9 Å². The number of hydrogen-bond acceptors (Lipinski definition) is 6. The fourth-order valence-corrected chi connectivity index (χ4v) is 4.90. The molecule has 0 heterocycles. The summed E-state index contributed by atoms with van der Waals surface area (Å²) in [6, 6.07) is 18.4. The molecular formula is C31H30N2O6. The molecule has 8 nitrogen and oxygen atoms in total. The molecule has 4 aliphatic rings. The average Bonchev–Trinajstić information content (AvgIpc) is 3.08. The molecule has 0 radical (unpaired) electrons. The Bertz CT molecular complexity index is 1400. The van der Waals surface area contributed by atoms with Crippen molar-refractivity contribution >= 4 is 35.1 Å². The van der Waals surface area contributed by atoms with E-state index >= 15 is 0 Å². The van der Waals surface area contributed by atoms with Gasteiger partial charge in [-0.15, -0.1) is 0 Å². The van der Waals surface area contributed by atoms with Gasteiger partial charge in [-0.05, 0) is 47.2 Å². The van der Waals surface area contributed by atoms with Crippen molar-refractivity contribution in [2.75, 3.05) is 23.8 Å². The van der Waals surface area contributed by atoms with Crippen molar-refractivity contribution in [3.63, 3.8) is 0 Å². The second-order valence-corrected chi connectivity index (χ2v) is 8.91. The van der Waals surface area contributed by atoms with E-state index in [9.17, 15) is 19.2 Å². The molecule has 0 unspecified atom stereocenters. The molecule has 200 valence electrons. The third-order valence-corrected chi connectivity index (χ3v) is 6.28. The first-order valence-corrected chi connectivity index (χ1v) is 12.7. The topological polar surface area (TPSA) is 111 Å². The number of nitrogens with one attached hydrogen (secondary N) is 2. The molecule has 0 aromatic carbocycles. The molecule has 4 aliphatic carbocycles. The summed E-state index contributed by atoms with van der Waals surface area (Å²) in [5.41, 5.74) is 5.17. The van der Waals surface area contributed by atoms with Crippen LogP contribution in [0.15, 0.2) is 60.7 Å². The quantitative estimate of drug-likeness (QED) is 0.283. The first-order chi connectivity index (χ1) is 18.8. The molecule has 0 spiro atoms. The van der Waals surface area contributed by atoms with Crippen LogP contribution in [0.3, 0.4) is 0 Å². The summed E-state index contributed by atoms with van der Waals surface area (Å²) in [6.45, 7) is 6.51. The third-order valence-electron chi connectivity index (χ3n) is 6.28. The summed E-state index contributed by atoms with van der Waals surface area (Å²) in [5, 5.41) is 5.69. The zero-order valence-electron chi connectivity index (χ0n) is 22.3. The van der Waals surface area contributed by atoms with E-state index in [0.717, 1.165) is 11.1 Å². The summed E-state index contributed by atoms with van der Waals surface area (Å²) in [4.78, 5) is 51.0. The molecule has 0 bridgehead atoms. The molecule has 39 heavy (non-hydrogen) atoms. The zero-order valence-corrected chi connectivity index (χ0v) is 22.3. The summed E-state index contributed by atoms with van der Waals surface area (Å²) >= 11 is 0. The maximum Gasteiger partial charge on any atom is 0.340 e. The number of carbonyl (C=O) groups excluding carboxylic acids is 4. The number of amides is 2. The van der Waals surface area contributed by atoms with Crippen LogP contribution in [0.1, 0.15) is 59.5 Å². The van der Waals surface area contributed by atoms with Crippen LogP contribution in [0, 0.1) is 0 Å². The molecule has 0 aromatic heterocycles. The number of esters is 2. The van der Waals surface area contributed by atoms with E-state index in [1.165, 1.54) is 13.8 Å². The second kappa shape index (κ2) is 11.8. The van der Waals surface area contributed by atoms with Crippen molar-refractivity contribution in [3.8, 4) is 22.3 Å². The SMILES string of the molecule is CCOC(=O)c1c2cccccc-2c(Cc2c3cccccc-3c(C(=O)OCC)c2NC(C)=O)c1NC(C)=O. The normalized spacial score (nSPS) is 10.8. The Hall–Kier alpha value is -4.72. The van der Waals surface area contributed by atoms with Crippen LogP contribution in [0.25, 0.3) is 22.3 Å². The van der Waals surface area contributed by atoms with Gasteiger partial charge in [0, 0.05) is 20.3 Å². The van der Waals surface area contributed by atoms with E-state index in [4.69, 9.17) is 9.47 Å². The molecule has 0 saturated heterocycles. The maximum absolute atomic E-state index is 13.2. The molecule has 0 atom stereocenters. The first kappa shape index (κ1) is 27.3. The van der Waals surface area contributed by atoms with Gasteiger partial charge in [0.25, 0.3) is 0 Å². The number of rotatable bonds is 8. The molecule has 8 heteroatoms. The molecule has 2 N–H and O–H groups in total. The molecule has 0 aromatic rings. The first-order valence-electron chi connectivity index (χ1n) is 12.7. The fourth-order valence-electron chi connectivity index (χ4n) is 4.90. The van der Waals surface area contributed by atoms with Crippen LogP contribution < -0.4 is 10.6 Å². The lowest BCUT2D eigenvalue weighted by Gasteiger charge is -2.12. The van der Waals surface area contributed by atoms with Crippen molar-refractivity contribution in [2.24, 2.45) is 0 Å². The minimum absolute atomic E-state index is 0.166. The second-order valence-electron chi connectivity index (χ2n) is 8.91. The number of fused-ring (bicyclic) bond motifs is 2. The number of ether oxygens (including phenoxy) is 2. The van der Waals surface area contributed by atoms with Crippen molar-refractivity contribution in [3.05, 3.63) is 82.9 Å². The third kappa shape index (κ3) is 5.45. The van der Waals surface area contributed by atoms with E-state index in [1.807, 2.05) is 48.5 Å². The van der Waals surface area contributed by atoms with Crippen LogP contribution >= 0.6 is 0 Å². The van der Waals surface area contributed by atoms with E-state index in [0.29, 0.717) is 33.6 Å². The molecule has 0 fully saturated rings. The Morgan fingerprint density at radius 1 is 0.590 bits per heavy atom. The van der Waals surface area contributed by atoms with Crippen LogP contribution in [-0.4, -0.2) is 37.0 Å². The molecule has 4 rings (SSSR count). The van der Waals surface area contributed by atoms with Crippen molar-refractivity contribution < 1.29 is 28.7 Å². The van der Waals surface area contributed by atoms with Crippen LogP contribution in [0.2, 0.25) is 0 Å². The number of hydrogen-bond donors (Lipinski definition) is 2. The molecule has 0 aliphatic heterocycles. The van der Waals surface area contributed by atoms with Gasteiger partial charge in [0.05, 0.1) is 35.7 Å². The van der Waals surface area contributed by atoms with Gasteiger partial charge < -0.3 is 20.1 Å². The summed E-state index contributed by atoms with van der Waals surface area (Å²) in [6.07, 6.45) is 0.186. The van der Waals surface area contributed by atoms with E-state index in [1.54, 1.807) is 26.0 Å². The Morgan fingerprint density at radius 2 is 0.949 bits per heavy atom. The van der Waals surface area contributed by atoms with Crippen molar-refractivity contribution in [1.29, 1.82) is 0 Å². The monoisotopic (exact) mass is 526 g/mol. The summed E-state index contributed by atoms with van der Waals surface area (Å²) < 4.78 is 10.7. The van der Waals surface area contributed by atoms with Crippen molar-refractivity contribution in [1.82, 2.24) is 0 Å². The lowest BCUT2D eigenvalue weighted by molar-refractivity contribution is -0.115. The highest BCUT2D eigenvalue weighted by Crippen LogP contribution is 2.47. The summed E-state index contributed by atoms with van der Waals surface area (Å²) in [7, 11) is 0. The largest absolute Gasteiger partial charge is 0.462 e. The van der Waals surface area contributed by atoms with Crippen molar-refractivity contribution in [2.45, 2.75) is 34.1 Å². The van der Waals surface area contributed by atoms with Gasteiger partial charge in [-0.1, -0.05) is 60.7 Å². The highest BCUT2D eigenvalue weighted by Gasteiger charge is 2.33. The highest BCUT2D eigenvalue weighted by atomic mass is 16.5. The van der Waals surface area contributed by atoms with Gasteiger partial charge in [-0.25, -0.2) is 9.59 Å². The van der Waals surface area contributed by atoms with Gasteiger partial charge in [0.1, 0.15) is 0 Å². The van der Waals surface area contributed by atoms with Gasteiger partial charge in [-0.3, -0.25) is 9.59 Å². The average molecular weight is 527 g/mol. The Kier molecular flexibility index (Phi) is 8.24. The van der Waals surface area contributed by atoms with E-state index in [-0.39, 0.29) is 42.6 Å². The smallest absolute Gasteiger partial charge is 0.340 e.